The Morgan fingerprint density at radius 3 is 2.26 bits per heavy atom. The smallest absolute Gasteiger partial charge is 0.232 e. The lowest BCUT2D eigenvalue weighted by molar-refractivity contribution is -0.121. The molecule has 0 unspecified atom stereocenters. The molecule has 0 radical (unpaired) electrons. The Balaban J connectivity index is 1.72. The molecule has 170 valence electrons. The van der Waals surface area contributed by atoms with Gasteiger partial charge in [0.05, 0.1) is 25.6 Å². The molecule has 0 saturated heterocycles. The van der Waals surface area contributed by atoms with Crippen molar-refractivity contribution in [1.82, 2.24) is 5.32 Å². The van der Waals surface area contributed by atoms with Gasteiger partial charge in [0, 0.05) is 13.0 Å². The van der Waals surface area contributed by atoms with E-state index in [2.05, 4.69) is 12.2 Å². The summed E-state index contributed by atoms with van der Waals surface area (Å²) in [5.74, 6) is 1.29. The van der Waals surface area contributed by atoms with Crippen molar-refractivity contribution in [2.45, 2.75) is 32.6 Å². The number of rotatable bonds is 13. The summed E-state index contributed by atoms with van der Waals surface area (Å²) in [6.45, 7) is 3.13. The molecule has 0 spiro atoms. The molecule has 0 bridgehead atoms. The van der Waals surface area contributed by atoms with Crippen molar-refractivity contribution in [3.05, 3.63) is 54.1 Å². The highest BCUT2D eigenvalue weighted by Crippen LogP contribution is 2.22. The van der Waals surface area contributed by atoms with E-state index in [1.54, 1.807) is 31.4 Å². The van der Waals surface area contributed by atoms with Crippen LogP contribution in [0.15, 0.2) is 48.5 Å². The zero-order chi connectivity index (χ0) is 22.7. The first-order valence-corrected chi connectivity index (χ1v) is 12.3. The van der Waals surface area contributed by atoms with Crippen molar-refractivity contribution >= 4 is 21.6 Å². The fourth-order valence-electron chi connectivity index (χ4n) is 3.11. The van der Waals surface area contributed by atoms with E-state index in [1.807, 2.05) is 24.3 Å². The van der Waals surface area contributed by atoms with Crippen LogP contribution in [0.2, 0.25) is 0 Å². The number of anilines is 1. The third-order valence-corrected chi connectivity index (χ3v) is 5.87. The monoisotopic (exact) mass is 448 g/mol. The number of nitrogens with zero attached hydrogens (tertiary/aromatic N) is 1. The van der Waals surface area contributed by atoms with Gasteiger partial charge < -0.3 is 14.8 Å². The zero-order valence-electron chi connectivity index (χ0n) is 18.5. The van der Waals surface area contributed by atoms with Crippen molar-refractivity contribution < 1.29 is 22.7 Å². The molecule has 0 aliphatic carbocycles. The van der Waals surface area contributed by atoms with Crippen LogP contribution in [0.1, 0.15) is 31.7 Å². The van der Waals surface area contributed by atoms with E-state index in [0.717, 1.165) is 24.8 Å². The molecule has 0 aliphatic rings. The lowest BCUT2D eigenvalue weighted by atomic mass is 10.1. The highest BCUT2D eigenvalue weighted by atomic mass is 32.2. The van der Waals surface area contributed by atoms with Crippen LogP contribution in [0.25, 0.3) is 0 Å². The second-order valence-electron chi connectivity index (χ2n) is 7.23. The predicted molar refractivity (Wildman–Crippen MR) is 123 cm³/mol. The number of amides is 1. The number of aryl methyl sites for hydroxylation is 1. The van der Waals surface area contributed by atoms with Gasteiger partial charge in [-0.25, -0.2) is 8.42 Å². The Morgan fingerprint density at radius 2 is 1.68 bits per heavy atom. The number of nitrogens with one attached hydrogen (secondary N) is 1. The first-order valence-electron chi connectivity index (χ1n) is 10.4. The van der Waals surface area contributed by atoms with E-state index in [9.17, 15) is 13.2 Å². The molecule has 1 N–H and O–H groups in total. The maximum Gasteiger partial charge on any atom is 0.232 e. The molecule has 1 amide bonds. The van der Waals surface area contributed by atoms with Gasteiger partial charge in [-0.05, 0) is 54.8 Å². The van der Waals surface area contributed by atoms with Crippen LogP contribution in [0.3, 0.4) is 0 Å². The molecule has 0 atom stereocenters. The average Bonchev–Trinajstić information content (AvgIpc) is 2.75. The molecule has 0 fully saturated rings. The van der Waals surface area contributed by atoms with Crippen LogP contribution < -0.4 is 19.1 Å². The fraction of sp³-hybridized carbons (Fsp3) is 0.435. The van der Waals surface area contributed by atoms with E-state index in [4.69, 9.17) is 9.47 Å². The lowest BCUT2D eigenvalue weighted by Crippen LogP contribution is -2.32. The molecule has 2 rings (SSSR count). The van der Waals surface area contributed by atoms with Gasteiger partial charge in [0.1, 0.15) is 18.1 Å². The van der Waals surface area contributed by atoms with Crippen molar-refractivity contribution in [3.63, 3.8) is 0 Å². The quantitative estimate of drug-likeness (QED) is 0.475. The number of benzene rings is 2. The molecule has 8 heteroatoms. The highest BCUT2D eigenvalue weighted by molar-refractivity contribution is 7.92. The standard InChI is InChI=1S/C23H32N2O5S/c1-4-6-19-8-12-22(13-9-19)30-18-16-24-23(26)7-5-17-25(31(3,27)28)20-10-14-21(29-2)15-11-20/h8-15H,4-7,16-18H2,1-3H3,(H,24,26). The van der Waals surface area contributed by atoms with Crippen LogP contribution in [0, 0.1) is 0 Å². The Bertz CT molecular complexity index is 912. The van der Waals surface area contributed by atoms with Crippen molar-refractivity contribution in [2.24, 2.45) is 0 Å². The molecular formula is C23H32N2O5S. The van der Waals surface area contributed by atoms with Gasteiger partial charge in [-0.1, -0.05) is 25.5 Å². The summed E-state index contributed by atoms with van der Waals surface area (Å²) in [7, 11) is -1.90. The number of carbonyl (C=O) groups is 1. The molecule has 7 nitrogen and oxygen atoms in total. The Morgan fingerprint density at radius 1 is 1.03 bits per heavy atom. The molecule has 0 aromatic heterocycles. The van der Waals surface area contributed by atoms with E-state index < -0.39 is 10.0 Å². The first-order chi connectivity index (χ1) is 14.8. The van der Waals surface area contributed by atoms with Gasteiger partial charge in [-0.3, -0.25) is 9.10 Å². The van der Waals surface area contributed by atoms with Crippen molar-refractivity contribution in [3.8, 4) is 11.5 Å². The minimum Gasteiger partial charge on any atom is -0.497 e. The first kappa shape index (κ1) is 24.5. The van der Waals surface area contributed by atoms with Crippen molar-refractivity contribution in [2.75, 3.05) is 37.4 Å². The zero-order valence-corrected chi connectivity index (χ0v) is 19.3. The number of methoxy groups -OCH3 is 1. The topological polar surface area (TPSA) is 84.9 Å². The minimum atomic E-state index is -3.45. The van der Waals surface area contributed by atoms with Gasteiger partial charge >= 0.3 is 0 Å². The summed E-state index contributed by atoms with van der Waals surface area (Å²) >= 11 is 0. The summed E-state index contributed by atoms with van der Waals surface area (Å²) in [5, 5.41) is 2.80. The van der Waals surface area contributed by atoms with Gasteiger partial charge in [-0.15, -0.1) is 0 Å². The number of hydrogen-bond acceptors (Lipinski definition) is 5. The highest BCUT2D eigenvalue weighted by Gasteiger charge is 2.17. The molecule has 2 aromatic carbocycles. The molecule has 31 heavy (non-hydrogen) atoms. The van der Waals surface area contributed by atoms with Crippen LogP contribution in [0.5, 0.6) is 11.5 Å². The van der Waals surface area contributed by atoms with Crippen LogP contribution in [-0.4, -0.2) is 47.4 Å². The third kappa shape index (κ3) is 8.49. The van der Waals surface area contributed by atoms with Gasteiger partial charge in [-0.2, -0.15) is 0 Å². The summed E-state index contributed by atoms with van der Waals surface area (Å²) in [5.41, 5.74) is 1.82. The minimum absolute atomic E-state index is 0.134. The molecule has 0 heterocycles. The largest absolute Gasteiger partial charge is 0.497 e. The van der Waals surface area contributed by atoms with Gasteiger partial charge in [0.15, 0.2) is 0 Å². The van der Waals surface area contributed by atoms with Crippen molar-refractivity contribution in [1.29, 1.82) is 0 Å². The molecular weight excluding hydrogens is 416 g/mol. The van der Waals surface area contributed by atoms with E-state index in [1.165, 1.54) is 9.87 Å². The van der Waals surface area contributed by atoms with E-state index >= 15 is 0 Å². The lowest BCUT2D eigenvalue weighted by Gasteiger charge is -2.22. The number of hydrogen-bond donors (Lipinski definition) is 1. The SMILES string of the molecule is CCCc1ccc(OCCNC(=O)CCCN(c2ccc(OC)cc2)S(C)(=O)=O)cc1. The summed E-state index contributed by atoms with van der Waals surface area (Å²) in [6.07, 6.45) is 3.95. The fourth-order valence-corrected chi connectivity index (χ4v) is 4.07. The molecule has 0 saturated carbocycles. The second kappa shape index (κ2) is 12.2. The van der Waals surface area contributed by atoms with Crippen LogP contribution in [0.4, 0.5) is 5.69 Å². The summed E-state index contributed by atoms with van der Waals surface area (Å²) in [4.78, 5) is 12.1. The maximum atomic E-state index is 12.1. The molecule has 2 aromatic rings. The Labute approximate surface area is 185 Å². The van der Waals surface area contributed by atoms with Gasteiger partial charge in [0.2, 0.25) is 15.9 Å². The average molecular weight is 449 g/mol. The Kier molecular flexibility index (Phi) is 9.65. The van der Waals surface area contributed by atoms with E-state index in [0.29, 0.717) is 31.0 Å². The van der Waals surface area contributed by atoms with Crippen LogP contribution >= 0.6 is 0 Å². The predicted octanol–water partition coefficient (Wildman–Crippen LogP) is 3.39. The molecule has 0 aliphatic heterocycles. The number of ether oxygens (including phenoxy) is 2. The second-order valence-corrected chi connectivity index (χ2v) is 9.14. The van der Waals surface area contributed by atoms with E-state index in [-0.39, 0.29) is 18.9 Å². The van der Waals surface area contributed by atoms with Crippen LogP contribution in [-0.2, 0) is 21.2 Å². The maximum absolute atomic E-state index is 12.1. The number of sulfonamides is 1. The van der Waals surface area contributed by atoms with Gasteiger partial charge in [0.25, 0.3) is 0 Å². The summed E-state index contributed by atoms with van der Waals surface area (Å²) < 4.78 is 36.3. The summed E-state index contributed by atoms with van der Waals surface area (Å²) in [6, 6.07) is 14.8. The third-order valence-electron chi connectivity index (χ3n) is 4.68. The normalized spacial score (nSPS) is 11.1. The Hall–Kier alpha value is -2.74. The number of carbonyl (C=O) groups excluding carboxylic acids is 1.